The molecule has 0 amide bonds. The molecule has 0 atom stereocenters. The van der Waals surface area contributed by atoms with Gasteiger partial charge in [0.2, 0.25) is 15.8 Å². The van der Waals surface area contributed by atoms with Gasteiger partial charge in [0.15, 0.2) is 0 Å². The van der Waals surface area contributed by atoms with E-state index in [0.717, 1.165) is 0 Å². The van der Waals surface area contributed by atoms with Gasteiger partial charge in [0, 0.05) is 12.1 Å². The van der Waals surface area contributed by atoms with Crippen molar-refractivity contribution in [2.24, 2.45) is 0 Å². The summed E-state index contributed by atoms with van der Waals surface area (Å²) in [6.45, 7) is -0.444. The minimum atomic E-state index is -3.99. The molecule has 2 rings (SSSR count). The first-order chi connectivity index (χ1) is 12.8. The lowest BCUT2D eigenvalue weighted by Crippen LogP contribution is -2.27. The molecule has 0 aliphatic carbocycles. The van der Waals surface area contributed by atoms with Gasteiger partial charge in [-0.1, -0.05) is 29.3 Å². The van der Waals surface area contributed by atoms with Crippen molar-refractivity contribution in [1.82, 2.24) is 4.72 Å². The molecule has 0 saturated heterocycles. The zero-order chi connectivity index (χ0) is 20.0. The molecule has 1 heterocycles. The lowest BCUT2D eigenvalue weighted by Gasteiger charge is -2.10. The second kappa shape index (κ2) is 9.23. The molecule has 0 unspecified atom stereocenters. The second-order valence-corrected chi connectivity index (χ2v) is 7.64. The highest BCUT2D eigenvalue weighted by Gasteiger charge is 2.22. The topological polar surface area (TPSA) is 112 Å². The molecule has 1 aromatic carbocycles. The number of methoxy groups -OCH3 is 1. The Morgan fingerprint density at radius 1 is 1.19 bits per heavy atom. The summed E-state index contributed by atoms with van der Waals surface area (Å²) in [6.07, 6.45) is 1.02. The summed E-state index contributed by atoms with van der Waals surface area (Å²) in [5.41, 5.74) is 0.332. The second-order valence-electron chi connectivity index (χ2n) is 5.13. The molecule has 0 radical (unpaired) electrons. The molecule has 2 aromatic rings. The first kappa shape index (κ1) is 21.2. The number of rotatable bonds is 8. The maximum atomic E-state index is 12.3. The van der Waals surface area contributed by atoms with Gasteiger partial charge in [0.05, 0.1) is 29.8 Å². The van der Waals surface area contributed by atoms with Crippen LogP contribution in [-0.2, 0) is 30.9 Å². The summed E-state index contributed by atoms with van der Waals surface area (Å²) >= 11 is 11.7. The molecule has 1 N–H and O–H groups in total. The number of ether oxygens (including phenoxy) is 2. The number of carbonyl (C=O) groups excluding carboxylic acids is 2. The average Bonchev–Trinajstić information content (AvgIpc) is 3.07. The Morgan fingerprint density at radius 2 is 1.85 bits per heavy atom. The highest BCUT2D eigenvalue weighted by molar-refractivity contribution is 7.89. The number of halogens is 2. The highest BCUT2D eigenvalue weighted by Crippen LogP contribution is 2.28. The van der Waals surface area contributed by atoms with Crippen LogP contribution in [-0.4, -0.2) is 34.0 Å². The normalized spacial score (nSPS) is 11.2. The van der Waals surface area contributed by atoms with Crippen molar-refractivity contribution in [3.8, 4) is 0 Å². The third kappa shape index (κ3) is 5.46. The van der Waals surface area contributed by atoms with E-state index in [-0.39, 0.29) is 40.3 Å². The summed E-state index contributed by atoms with van der Waals surface area (Å²) in [6, 6.07) is 5.75. The fourth-order valence-corrected chi connectivity index (χ4v) is 4.22. The predicted molar refractivity (Wildman–Crippen MR) is 96.1 cm³/mol. The number of carbonyl (C=O) groups is 2. The summed E-state index contributed by atoms with van der Waals surface area (Å²) < 4.78 is 41.2. The van der Waals surface area contributed by atoms with Gasteiger partial charge >= 0.3 is 11.9 Å². The quantitative estimate of drug-likeness (QED) is 0.634. The maximum absolute atomic E-state index is 12.3. The number of benzene rings is 1. The molecule has 11 heteroatoms. The predicted octanol–water partition coefficient (Wildman–Crippen LogP) is 2.78. The van der Waals surface area contributed by atoms with Crippen LogP contribution in [0.2, 0.25) is 10.0 Å². The van der Waals surface area contributed by atoms with Crippen LogP contribution in [0.1, 0.15) is 22.5 Å². The van der Waals surface area contributed by atoms with Gasteiger partial charge in [-0.15, -0.1) is 0 Å². The summed E-state index contributed by atoms with van der Waals surface area (Å²) in [7, 11) is -2.80. The van der Waals surface area contributed by atoms with Crippen LogP contribution < -0.4 is 4.72 Å². The molecule has 0 fully saturated rings. The fraction of sp³-hybridized carbons (Fsp3) is 0.250. The first-order valence-corrected chi connectivity index (χ1v) is 9.74. The Bertz CT molecular complexity index is 920. The van der Waals surface area contributed by atoms with Crippen molar-refractivity contribution in [1.29, 1.82) is 0 Å². The van der Waals surface area contributed by atoms with Crippen LogP contribution in [0.15, 0.2) is 39.8 Å². The van der Waals surface area contributed by atoms with Crippen molar-refractivity contribution in [3.05, 3.63) is 51.9 Å². The Hall–Kier alpha value is -2.07. The summed E-state index contributed by atoms with van der Waals surface area (Å²) in [5.74, 6) is -1.45. The number of furan rings is 1. The van der Waals surface area contributed by atoms with Crippen molar-refractivity contribution in [2.75, 3.05) is 13.7 Å². The standard InChI is InChI=1S/C16H15Cl2NO7S/c1-24-16(21)14-10(6-8-25-14)9-26-13(20)5-7-19-27(22,23)15-11(17)3-2-4-12(15)18/h2-4,6,8,19H,5,7,9H2,1H3. The smallest absolute Gasteiger partial charge is 0.374 e. The maximum Gasteiger partial charge on any atom is 0.374 e. The molecule has 0 bridgehead atoms. The molecule has 0 spiro atoms. The molecule has 0 aliphatic rings. The van der Waals surface area contributed by atoms with Gasteiger partial charge in [-0.3, -0.25) is 4.79 Å². The summed E-state index contributed by atoms with van der Waals surface area (Å²) in [5, 5.41) is -0.0688. The Labute approximate surface area is 165 Å². The Balaban J connectivity index is 1.88. The van der Waals surface area contributed by atoms with Crippen LogP contribution in [0.3, 0.4) is 0 Å². The molecule has 1 aromatic heterocycles. The van der Waals surface area contributed by atoms with Gasteiger partial charge < -0.3 is 13.9 Å². The van der Waals surface area contributed by atoms with E-state index in [4.69, 9.17) is 32.4 Å². The zero-order valence-electron chi connectivity index (χ0n) is 14.0. The molecule has 0 aliphatic heterocycles. The van der Waals surface area contributed by atoms with E-state index in [9.17, 15) is 18.0 Å². The van der Waals surface area contributed by atoms with Gasteiger partial charge in [-0.25, -0.2) is 17.9 Å². The van der Waals surface area contributed by atoms with E-state index < -0.39 is 22.0 Å². The number of nitrogens with one attached hydrogen (secondary N) is 1. The largest absolute Gasteiger partial charge is 0.463 e. The van der Waals surface area contributed by atoms with E-state index in [1.54, 1.807) is 0 Å². The van der Waals surface area contributed by atoms with Crippen LogP contribution in [0, 0.1) is 0 Å². The fourth-order valence-electron chi connectivity index (χ4n) is 2.05. The molecular formula is C16H15Cl2NO7S. The highest BCUT2D eigenvalue weighted by atomic mass is 35.5. The number of esters is 2. The molecule has 27 heavy (non-hydrogen) atoms. The Kier molecular flexibility index (Phi) is 7.25. The number of hydrogen-bond acceptors (Lipinski definition) is 7. The van der Waals surface area contributed by atoms with Gasteiger partial charge in [0.25, 0.3) is 0 Å². The van der Waals surface area contributed by atoms with Gasteiger partial charge in [0.1, 0.15) is 11.5 Å². The monoisotopic (exact) mass is 435 g/mol. The minimum Gasteiger partial charge on any atom is -0.463 e. The van der Waals surface area contributed by atoms with Crippen LogP contribution in [0.4, 0.5) is 0 Å². The lowest BCUT2D eigenvalue weighted by atomic mass is 10.2. The minimum absolute atomic E-state index is 0.0344. The van der Waals surface area contributed by atoms with Crippen molar-refractivity contribution < 1.29 is 31.9 Å². The van der Waals surface area contributed by atoms with E-state index in [2.05, 4.69) is 9.46 Å². The average molecular weight is 436 g/mol. The number of hydrogen-bond donors (Lipinski definition) is 1. The first-order valence-electron chi connectivity index (χ1n) is 7.50. The molecule has 146 valence electrons. The van der Waals surface area contributed by atoms with Crippen LogP contribution in [0.5, 0.6) is 0 Å². The van der Waals surface area contributed by atoms with E-state index in [1.807, 2.05) is 0 Å². The van der Waals surface area contributed by atoms with E-state index in [0.29, 0.717) is 5.56 Å². The Morgan fingerprint density at radius 3 is 2.48 bits per heavy atom. The molecular weight excluding hydrogens is 421 g/mol. The number of sulfonamides is 1. The van der Waals surface area contributed by atoms with E-state index >= 15 is 0 Å². The third-order valence-corrected chi connectivity index (χ3v) is 5.73. The lowest BCUT2D eigenvalue weighted by molar-refractivity contribution is -0.144. The van der Waals surface area contributed by atoms with Crippen molar-refractivity contribution >= 4 is 45.2 Å². The third-order valence-electron chi connectivity index (χ3n) is 3.32. The summed E-state index contributed by atoms with van der Waals surface area (Å²) in [4.78, 5) is 23.0. The molecule has 0 saturated carbocycles. The SMILES string of the molecule is COC(=O)c1occc1COC(=O)CCNS(=O)(=O)c1c(Cl)cccc1Cl. The van der Waals surface area contributed by atoms with Gasteiger partial charge in [-0.05, 0) is 18.2 Å². The van der Waals surface area contributed by atoms with E-state index in [1.165, 1.54) is 37.6 Å². The van der Waals surface area contributed by atoms with Crippen molar-refractivity contribution in [2.45, 2.75) is 17.9 Å². The van der Waals surface area contributed by atoms with Crippen molar-refractivity contribution in [3.63, 3.8) is 0 Å². The van der Waals surface area contributed by atoms with Crippen LogP contribution in [0.25, 0.3) is 0 Å². The zero-order valence-corrected chi connectivity index (χ0v) is 16.4. The molecule has 8 nitrogen and oxygen atoms in total. The van der Waals surface area contributed by atoms with Crippen LogP contribution >= 0.6 is 23.2 Å². The van der Waals surface area contributed by atoms with Gasteiger partial charge in [-0.2, -0.15) is 0 Å².